The van der Waals surface area contributed by atoms with Gasteiger partial charge in [-0.2, -0.15) is 0 Å². The lowest BCUT2D eigenvalue weighted by Gasteiger charge is -2.39. The Morgan fingerprint density at radius 3 is 2.30 bits per heavy atom. The fraction of sp³-hybridized carbons (Fsp3) is 0.944. The van der Waals surface area contributed by atoms with Crippen LogP contribution in [-0.4, -0.2) is 53.0 Å². The zero-order chi connectivity index (χ0) is 16.9. The Kier molecular flexibility index (Phi) is 6.72. The van der Waals surface area contributed by atoms with E-state index >= 15 is 0 Å². The molecule has 2 saturated heterocycles. The molecule has 0 aliphatic carbocycles. The van der Waals surface area contributed by atoms with Gasteiger partial charge in [-0.3, -0.25) is 0 Å². The summed E-state index contributed by atoms with van der Waals surface area (Å²) in [5.41, 5.74) is -0.416. The predicted molar refractivity (Wildman–Crippen MR) is 91.5 cm³/mol. The average molecular weight is 326 g/mol. The van der Waals surface area contributed by atoms with Crippen LogP contribution in [0, 0.1) is 0 Å². The van der Waals surface area contributed by atoms with Crippen LogP contribution in [0.3, 0.4) is 0 Å². The van der Waals surface area contributed by atoms with Gasteiger partial charge in [0.05, 0.1) is 0 Å². The van der Waals surface area contributed by atoms with E-state index in [1.165, 1.54) is 12.8 Å². The van der Waals surface area contributed by atoms with Crippen molar-refractivity contribution >= 4 is 6.09 Å². The zero-order valence-corrected chi connectivity index (χ0v) is 15.0. The molecule has 0 radical (unpaired) electrons. The highest BCUT2D eigenvalue weighted by Gasteiger charge is 2.44. The van der Waals surface area contributed by atoms with E-state index in [4.69, 9.17) is 9.84 Å². The Morgan fingerprint density at radius 1 is 1.13 bits per heavy atom. The average Bonchev–Trinajstić information content (AvgIpc) is 2.72. The van der Waals surface area contributed by atoms with Crippen LogP contribution >= 0.6 is 0 Å². The van der Waals surface area contributed by atoms with Gasteiger partial charge in [0.25, 0.3) is 0 Å². The number of carbonyl (C=O) groups excluding carboxylic acids is 1. The van der Waals surface area contributed by atoms with Gasteiger partial charge in [-0.05, 0) is 65.8 Å². The molecule has 2 aliphatic heterocycles. The Hall–Kier alpha value is -0.810. The summed E-state index contributed by atoms with van der Waals surface area (Å²) in [6.45, 7) is 7.13. The molecular weight excluding hydrogens is 292 g/mol. The van der Waals surface area contributed by atoms with E-state index in [0.717, 1.165) is 45.1 Å². The van der Waals surface area contributed by atoms with Crippen molar-refractivity contribution in [3.63, 3.8) is 0 Å². The summed E-state index contributed by atoms with van der Waals surface area (Å²) in [6.07, 6.45) is 8.56. The van der Waals surface area contributed by atoms with E-state index in [1.807, 2.05) is 25.7 Å². The largest absolute Gasteiger partial charge is 0.444 e. The summed E-state index contributed by atoms with van der Waals surface area (Å²) in [6, 6.07) is 1.22. The molecule has 2 unspecified atom stereocenters. The van der Waals surface area contributed by atoms with Gasteiger partial charge in [0.2, 0.25) is 0 Å². The van der Waals surface area contributed by atoms with E-state index in [1.54, 1.807) is 0 Å². The number of aliphatic hydroxyl groups excluding tert-OH is 1. The number of unbranched alkanes of at least 4 members (excludes halogenated alkanes) is 3. The highest BCUT2D eigenvalue weighted by molar-refractivity contribution is 5.69. The lowest BCUT2D eigenvalue weighted by Crippen LogP contribution is -2.52. The second kappa shape index (κ2) is 8.34. The minimum absolute atomic E-state index is 0.132. The molecule has 134 valence electrons. The van der Waals surface area contributed by atoms with Crippen molar-refractivity contribution < 1.29 is 14.6 Å². The molecule has 0 aromatic heterocycles. The Bertz CT molecular complexity index is 367. The van der Waals surface area contributed by atoms with Gasteiger partial charge in [-0.15, -0.1) is 0 Å². The topological polar surface area (TPSA) is 61.8 Å². The maximum atomic E-state index is 12.4. The maximum Gasteiger partial charge on any atom is 0.410 e. The first-order valence-electron chi connectivity index (χ1n) is 9.26. The van der Waals surface area contributed by atoms with Gasteiger partial charge in [0.1, 0.15) is 5.60 Å². The second-order valence-electron chi connectivity index (χ2n) is 8.03. The molecule has 2 aliphatic rings. The van der Waals surface area contributed by atoms with Crippen LogP contribution in [0.2, 0.25) is 0 Å². The van der Waals surface area contributed by atoms with Crippen molar-refractivity contribution in [2.24, 2.45) is 0 Å². The lowest BCUT2D eigenvalue weighted by molar-refractivity contribution is 0.00474. The summed E-state index contributed by atoms with van der Waals surface area (Å²) in [5.74, 6) is 0. The van der Waals surface area contributed by atoms with E-state index in [2.05, 4.69) is 5.32 Å². The van der Waals surface area contributed by atoms with E-state index in [-0.39, 0.29) is 6.09 Å². The SMILES string of the molecule is CC(C)(C)OC(=O)N1C2CCC1CC(NCCCCCCO)C2. The minimum Gasteiger partial charge on any atom is -0.444 e. The monoisotopic (exact) mass is 326 g/mol. The number of nitrogens with one attached hydrogen (secondary N) is 1. The summed E-state index contributed by atoms with van der Waals surface area (Å²) in [4.78, 5) is 14.4. The maximum absolute atomic E-state index is 12.4. The first kappa shape index (κ1) is 18.5. The summed E-state index contributed by atoms with van der Waals surface area (Å²) in [5, 5.41) is 12.4. The molecule has 0 spiro atoms. The van der Waals surface area contributed by atoms with Gasteiger partial charge in [-0.25, -0.2) is 4.79 Å². The molecule has 0 saturated carbocycles. The first-order valence-corrected chi connectivity index (χ1v) is 9.26. The van der Waals surface area contributed by atoms with Crippen LogP contribution in [0.15, 0.2) is 0 Å². The van der Waals surface area contributed by atoms with Crippen molar-refractivity contribution in [1.82, 2.24) is 10.2 Å². The molecule has 23 heavy (non-hydrogen) atoms. The van der Waals surface area contributed by atoms with Crippen LogP contribution in [0.25, 0.3) is 0 Å². The second-order valence-corrected chi connectivity index (χ2v) is 8.03. The van der Waals surface area contributed by atoms with Gasteiger partial charge in [0, 0.05) is 24.7 Å². The molecule has 2 rings (SSSR count). The van der Waals surface area contributed by atoms with Crippen molar-refractivity contribution in [1.29, 1.82) is 0 Å². The van der Waals surface area contributed by atoms with E-state index < -0.39 is 5.60 Å². The van der Waals surface area contributed by atoms with Crippen LogP contribution in [0.5, 0.6) is 0 Å². The van der Waals surface area contributed by atoms with Gasteiger partial charge >= 0.3 is 6.09 Å². The smallest absolute Gasteiger partial charge is 0.410 e. The number of fused-ring (bicyclic) bond motifs is 2. The minimum atomic E-state index is -0.416. The Labute approximate surface area is 140 Å². The third-order valence-corrected chi connectivity index (χ3v) is 4.86. The third kappa shape index (κ3) is 5.64. The number of nitrogens with zero attached hydrogens (tertiary/aromatic N) is 1. The van der Waals surface area contributed by atoms with Gasteiger partial charge in [0.15, 0.2) is 0 Å². The first-order chi connectivity index (χ1) is 10.9. The van der Waals surface area contributed by atoms with Crippen LogP contribution in [0.1, 0.15) is 72.1 Å². The standard InChI is InChI=1S/C18H34N2O3/c1-18(2,3)23-17(22)20-15-8-9-16(20)13-14(12-15)19-10-6-4-5-7-11-21/h14-16,19,21H,4-13H2,1-3H3. The molecule has 2 N–H and O–H groups in total. The van der Waals surface area contributed by atoms with Crippen molar-refractivity contribution in [3.05, 3.63) is 0 Å². The summed E-state index contributed by atoms with van der Waals surface area (Å²) in [7, 11) is 0. The van der Waals surface area contributed by atoms with E-state index in [0.29, 0.717) is 24.7 Å². The highest BCUT2D eigenvalue weighted by Crippen LogP contribution is 2.36. The fourth-order valence-corrected chi connectivity index (χ4v) is 3.85. The number of rotatable bonds is 7. The number of hydrogen-bond donors (Lipinski definition) is 2. The fourth-order valence-electron chi connectivity index (χ4n) is 3.85. The molecule has 0 aromatic rings. The van der Waals surface area contributed by atoms with Gasteiger partial charge < -0.3 is 20.1 Å². The predicted octanol–water partition coefficient (Wildman–Crippen LogP) is 3.06. The zero-order valence-electron chi connectivity index (χ0n) is 15.0. The number of carbonyl (C=O) groups is 1. The molecule has 0 aromatic carbocycles. The molecule has 5 nitrogen and oxygen atoms in total. The quantitative estimate of drug-likeness (QED) is 0.706. The van der Waals surface area contributed by atoms with Crippen LogP contribution < -0.4 is 5.32 Å². The number of ether oxygens (including phenoxy) is 1. The Balaban J connectivity index is 1.73. The molecule has 2 heterocycles. The highest BCUT2D eigenvalue weighted by atomic mass is 16.6. The van der Waals surface area contributed by atoms with Crippen LogP contribution in [0.4, 0.5) is 4.79 Å². The number of hydrogen-bond acceptors (Lipinski definition) is 4. The van der Waals surface area contributed by atoms with Crippen molar-refractivity contribution in [2.45, 2.75) is 95.9 Å². The molecular formula is C18H34N2O3. The van der Waals surface area contributed by atoms with Crippen LogP contribution in [-0.2, 0) is 4.74 Å². The molecule has 2 bridgehead atoms. The molecule has 2 atom stereocenters. The number of amides is 1. The molecule has 2 fully saturated rings. The third-order valence-electron chi connectivity index (χ3n) is 4.86. The molecule has 5 heteroatoms. The summed E-state index contributed by atoms with van der Waals surface area (Å²) >= 11 is 0. The van der Waals surface area contributed by atoms with Gasteiger partial charge in [-0.1, -0.05) is 12.8 Å². The molecule has 1 amide bonds. The summed E-state index contributed by atoms with van der Waals surface area (Å²) < 4.78 is 5.58. The number of piperidine rings is 1. The van der Waals surface area contributed by atoms with E-state index in [9.17, 15) is 4.79 Å². The normalized spacial score (nSPS) is 27.3. The van der Waals surface area contributed by atoms with Crippen molar-refractivity contribution in [3.8, 4) is 0 Å². The Morgan fingerprint density at radius 2 is 1.74 bits per heavy atom. The van der Waals surface area contributed by atoms with Crippen molar-refractivity contribution in [2.75, 3.05) is 13.2 Å². The number of aliphatic hydroxyl groups is 1. The lowest BCUT2D eigenvalue weighted by atomic mass is 9.97.